The smallest absolute Gasteiger partial charge is 0.0908 e. The van der Waals surface area contributed by atoms with Crippen molar-refractivity contribution in [3.05, 3.63) is 12.2 Å². The fourth-order valence-corrected chi connectivity index (χ4v) is 2.43. The Morgan fingerprint density at radius 1 is 1.36 bits per heavy atom. The molecule has 1 saturated carbocycles. The van der Waals surface area contributed by atoms with Gasteiger partial charge in [-0.15, -0.1) is 0 Å². The van der Waals surface area contributed by atoms with E-state index in [2.05, 4.69) is 32.9 Å². The molecular formula is C13H21N. The molecular weight excluding hydrogens is 170 g/mol. The second-order valence-corrected chi connectivity index (χ2v) is 4.95. The number of rotatable bonds is 2. The van der Waals surface area contributed by atoms with Crippen LogP contribution in [0, 0.1) is 35.0 Å². The zero-order valence-electron chi connectivity index (χ0n) is 9.53. The van der Waals surface area contributed by atoms with E-state index in [0.29, 0.717) is 5.92 Å². The Balaban J connectivity index is 2.56. The maximum Gasteiger partial charge on any atom is 0.0908 e. The van der Waals surface area contributed by atoms with Gasteiger partial charge in [0, 0.05) is 6.08 Å². The maximum atomic E-state index is 8.52. The minimum Gasteiger partial charge on any atom is -0.193 e. The number of hydrogen-bond acceptors (Lipinski definition) is 1. The van der Waals surface area contributed by atoms with Crippen LogP contribution < -0.4 is 0 Å². The van der Waals surface area contributed by atoms with E-state index in [9.17, 15) is 0 Å². The van der Waals surface area contributed by atoms with E-state index >= 15 is 0 Å². The third-order valence-corrected chi connectivity index (χ3v) is 3.66. The summed E-state index contributed by atoms with van der Waals surface area (Å²) in [5, 5.41) is 8.52. The van der Waals surface area contributed by atoms with Gasteiger partial charge in [0.25, 0.3) is 0 Å². The van der Waals surface area contributed by atoms with Gasteiger partial charge in [-0.1, -0.05) is 26.8 Å². The lowest BCUT2D eigenvalue weighted by Crippen LogP contribution is -2.24. The minimum absolute atomic E-state index is 0.635. The lowest BCUT2D eigenvalue weighted by atomic mass is 9.71. The molecule has 0 unspecified atom stereocenters. The molecule has 1 nitrogen and oxygen atoms in total. The van der Waals surface area contributed by atoms with Crippen LogP contribution in [0.15, 0.2) is 12.2 Å². The standard InChI is InChI=1S/C13H21N/c1-10(2)12-7-6-11(3)13(9-12)5-4-8-14/h4-5,10-13H,6-7,9H2,1-3H3/t11-,12+,13-/m0/s1. The van der Waals surface area contributed by atoms with Crippen molar-refractivity contribution in [2.75, 3.05) is 0 Å². The first-order chi connectivity index (χ1) is 6.65. The van der Waals surface area contributed by atoms with Gasteiger partial charge in [0.05, 0.1) is 6.07 Å². The van der Waals surface area contributed by atoms with Crippen molar-refractivity contribution in [1.82, 2.24) is 0 Å². The summed E-state index contributed by atoms with van der Waals surface area (Å²) in [6.07, 6.45) is 7.74. The Labute approximate surface area is 87.8 Å². The quantitative estimate of drug-likeness (QED) is 0.609. The van der Waals surface area contributed by atoms with Gasteiger partial charge in [0.2, 0.25) is 0 Å². The summed E-state index contributed by atoms with van der Waals surface area (Å²) in [6.45, 7) is 6.93. The van der Waals surface area contributed by atoms with E-state index in [4.69, 9.17) is 5.26 Å². The van der Waals surface area contributed by atoms with E-state index in [0.717, 1.165) is 17.8 Å². The first kappa shape index (κ1) is 11.3. The molecule has 0 bridgehead atoms. The lowest BCUT2D eigenvalue weighted by molar-refractivity contribution is 0.189. The van der Waals surface area contributed by atoms with Gasteiger partial charge in [0.1, 0.15) is 0 Å². The highest BCUT2D eigenvalue weighted by molar-refractivity contribution is 5.05. The molecule has 0 aromatic heterocycles. The molecule has 0 heterocycles. The second kappa shape index (κ2) is 5.20. The lowest BCUT2D eigenvalue weighted by Gasteiger charge is -2.34. The monoisotopic (exact) mass is 191 g/mol. The molecule has 0 amide bonds. The fraction of sp³-hybridized carbons (Fsp3) is 0.769. The van der Waals surface area contributed by atoms with Crippen LogP contribution in [-0.2, 0) is 0 Å². The molecule has 0 aromatic rings. The molecule has 3 atom stereocenters. The zero-order valence-corrected chi connectivity index (χ0v) is 9.53. The molecule has 1 aliphatic rings. The van der Waals surface area contributed by atoms with Crippen molar-refractivity contribution in [3.63, 3.8) is 0 Å². The summed E-state index contributed by atoms with van der Waals surface area (Å²) in [4.78, 5) is 0. The molecule has 0 aromatic carbocycles. The summed E-state index contributed by atoms with van der Waals surface area (Å²) in [6, 6.07) is 2.10. The van der Waals surface area contributed by atoms with Crippen LogP contribution in [0.25, 0.3) is 0 Å². The van der Waals surface area contributed by atoms with Crippen LogP contribution in [0.2, 0.25) is 0 Å². The van der Waals surface area contributed by atoms with Gasteiger partial charge in [-0.3, -0.25) is 0 Å². The molecule has 78 valence electrons. The van der Waals surface area contributed by atoms with Crippen molar-refractivity contribution in [2.45, 2.75) is 40.0 Å². The summed E-state index contributed by atoms with van der Waals surface area (Å²) in [5.74, 6) is 3.05. The Bertz CT molecular complexity index is 234. The number of hydrogen-bond donors (Lipinski definition) is 0. The largest absolute Gasteiger partial charge is 0.193 e. The number of nitrogens with zero attached hydrogens (tertiary/aromatic N) is 1. The Morgan fingerprint density at radius 3 is 2.64 bits per heavy atom. The van der Waals surface area contributed by atoms with Crippen molar-refractivity contribution >= 4 is 0 Å². The van der Waals surface area contributed by atoms with Crippen LogP contribution >= 0.6 is 0 Å². The molecule has 0 saturated heterocycles. The van der Waals surface area contributed by atoms with Crippen LogP contribution in [0.4, 0.5) is 0 Å². The highest BCUT2D eigenvalue weighted by Gasteiger charge is 2.27. The summed E-state index contributed by atoms with van der Waals surface area (Å²) in [7, 11) is 0. The summed E-state index contributed by atoms with van der Waals surface area (Å²) in [5.41, 5.74) is 0. The fourth-order valence-electron chi connectivity index (χ4n) is 2.43. The molecule has 1 fully saturated rings. The van der Waals surface area contributed by atoms with E-state index in [1.807, 2.05) is 0 Å². The van der Waals surface area contributed by atoms with Gasteiger partial charge in [-0.25, -0.2) is 0 Å². The highest BCUT2D eigenvalue weighted by atomic mass is 14.3. The third-order valence-electron chi connectivity index (χ3n) is 3.66. The molecule has 14 heavy (non-hydrogen) atoms. The van der Waals surface area contributed by atoms with Crippen LogP contribution in [-0.4, -0.2) is 0 Å². The van der Waals surface area contributed by atoms with Crippen molar-refractivity contribution in [2.24, 2.45) is 23.7 Å². The molecule has 1 rings (SSSR count). The van der Waals surface area contributed by atoms with Gasteiger partial charge in [-0.05, 0) is 42.9 Å². The molecule has 0 spiro atoms. The normalized spacial score (nSPS) is 33.5. The highest BCUT2D eigenvalue weighted by Crippen LogP contribution is 2.37. The Hall–Kier alpha value is -0.770. The van der Waals surface area contributed by atoms with E-state index in [1.165, 1.54) is 19.3 Å². The minimum atomic E-state index is 0.635. The van der Waals surface area contributed by atoms with Crippen molar-refractivity contribution < 1.29 is 0 Å². The predicted octanol–water partition coefficient (Wildman–Crippen LogP) is 3.77. The van der Waals surface area contributed by atoms with Gasteiger partial charge in [0.15, 0.2) is 0 Å². The predicted molar refractivity (Wildman–Crippen MR) is 59.6 cm³/mol. The van der Waals surface area contributed by atoms with E-state index < -0.39 is 0 Å². The number of nitriles is 1. The average molecular weight is 191 g/mol. The Morgan fingerprint density at radius 2 is 2.07 bits per heavy atom. The topological polar surface area (TPSA) is 23.8 Å². The number of allylic oxidation sites excluding steroid dienone is 2. The summed E-state index contributed by atoms with van der Waals surface area (Å²) < 4.78 is 0. The van der Waals surface area contributed by atoms with Gasteiger partial charge < -0.3 is 0 Å². The average Bonchev–Trinajstić information content (AvgIpc) is 2.16. The van der Waals surface area contributed by atoms with Crippen LogP contribution in [0.1, 0.15) is 40.0 Å². The van der Waals surface area contributed by atoms with E-state index in [1.54, 1.807) is 6.08 Å². The zero-order chi connectivity index (χ0) is 10.6. The van der Waals surface area contributed by atoms with Crippen molar-refractivity contribution in [1.29, 1.82) is 5.26 Å². The first-order valence-corrected chi connectivity index (χ1v) is 5.71. The first-order valence-electron chi connectivity index (χ1n) is 5.71. The van der Waals surface area contributed by atoms with Crippen LogP contribution in [0.3, 0.4) is 0 Å². The van der Waals surface area contributed by atoms with E-state index in [-0.39, 0.29) is 0 Å². The third kappa shape index (κ3) is 2.87. The van der Waals surface area contributed by atoms with Crippen LogP contribution in [0.5, 0.6) is 0 Å². The molecule has 1 aliphatic carbocycles. The second-order valence-electron chi connectivity index (χ2n) is 4.95. The Kier molecular flexibility index (Phi) is 4.20. The summed E-state index contributed by atoms with van der Waals surface area (Å²) >= 11 is 0. The maximum absolute atomic E-state index is 8.52. The molecule has 1 heteroatoms. The SMILES string of the molecule is CC(C)[C@@H]1CC[C@H](C)[C@@H](C=CC#N)C1. The molecule has 0 aliphatic heterocycles. The van der Waals surface area contributed by atoms with Crippen molar-refractivity contribution in [3.8, 4) is 6.07 Å². The van der Waals surface area contributed by atoms with Gasteiger partial charge >= 0.3 is 0 Å². The molecule has 0 radical (unpaired) electrons. The molecule has 0 N–H and O–H groups in total. The van der Waals surface area contributed by atoms with Gasteiger partial charge in [-0.2, -0.15) is 5.26 Å².